The van der Waals surface area contributed by atoms with Crippen molar-refractivity contribution in [2.45, 2.75) is 18.9 Å². The normalized spacial score (nSPS) is 23.7. The van der Waals surface area contributed by atoms with Crippen molar-refractivity contribution in [1.82, 2.24) is 5.32 Å². The van der Waals surface area contributed by atoms with Crippen molar-refractivity contribution in [3.05, 3.63) is 33.3 Å². The van der Waals surface area contributed by atoms with Crippen LogP contribution in [0.25, 0.3) is 0 Å². The smallest absolute Gasteiger partial charge is 0.253 e. The van der Waals surface area contributed by atoms with Crippen LogP contribution in [-0.4, -0.2) is 24.7 Å². The molecule has 1 amide bonds. The third-order valence-electron chi connectivity index (χ3n) is 2.83. The highest BCUT2D eigenvalue weighted by molar-refractivity contribution is 9.10. The fraction of sp³-hybridized carbons (Fsp3) is 0.417. The maximum atomic E-state index is 12.1. The summed E-state index contributed by atoms with van der Waals surface area (Å²) in [5.74, 6) is -0.163. The van der Waals surface area contributed by atoms with Crippen LogP contribution < -0.4 is 5.32 Å². The van der Waals surface area contributed by atoms with Crippen LogP contribution in [0, 0.1) is 0 Å². The molecule has 3 nitrogen and oxygen atoms in total. The largest absolute Gasteiger partial charge is 0.379 e. The molecule has 1 fully saturated rings. The van der Waals surface area contributed by atoms with Gasteiger partial charge in [-0.05, 0) is 41.4 Å². The highest BCUT2D eigenvalue weighted by atomic mass is 79.9. The third-order valence-corrected chi connectivity index (χ3v) is 4.13. The summed E-state index contributed by atoms with van der Waals surface area (Å²) >= 11 is 9.38. The molecular formula is C12H13BrClNO2. The lowest BCUT2D eigenvalue weighted by molar-refractivity contribution is 0.0890. The first-order valence-corrected chi connectivity index (χ1v) is 6.53. The molecule has 1 saturated heterocycles. The molecule has 1 heterocycles. The molecule has 1 aromatic rings. The number of hydrogen-bond acceptors (Lipinski definition) is 2. The standard InChI is InChI=1S/C12H13BrClNO2/c1-12(5-6-17-7-12)15-11(16)8-3-2-4-9(13)10(8)14/h2-4H,5-7H2,1H3,(H,15,16). The summed E-state index contributed by atoms with van der Waals surface area (Å²) in [4.78, 5) is 12.1. The number of carbonyl (C=O) groups excluding carboxylic acids is 1. The van der Waals surface area contributed by atoms with Crippen LogP contribution in [0.5, 0.6) is 0 Å². The van der Waals surface area contributed by atoms with Gasteiger partial charge in [0.1, 0.15) is 0 Å². The highest BCUT2D eigenvalue weighted by Crippen LogP contribution is 2.27. The zero-order valence-electron chi connectivity index (χ0n) is 9.43. The first-order valence-electron chi connectivity index (χ1n) is 5.36. The van der Waals surface area contributed by atoms with Crippen LogP contribution in [-0.2, 0) is 4.74 Å². The van der Waals surface area contributed by atoms with Gasteiger partial charge in [-0.2, -0.15) is 0 Å². The molecule has 0 spiro atoms. The summed E-state index contributed by atoms with van der Waals surface area (Å²) in [5.41, 5.74) is 0.192. The first kappa shape index (κ1) is 12.9. The van der Waals surface area contributed by atoms with Crippen LogP contribution in [0.3, 0.4) is 0 Å². The Balaban J connectivity index is 2.17. The van der Waals surface area contributed by atoms with E-state index in [4.69, 9.17) is 16.3 Å². The lowest BCUT2D eigenvalue weighted by Crippen LogP contribution is -2.46. The lowest BCUT2D eigenvalue weighted by Gasteiger charge is -2.23. The second-order valence-corrected chi connectivity index (χ2v) is 5.65. The van der Waals surface area contributed by atoms with Gasteiger partial charge in [-0.1, -0.05) is 17.7 Å². The van der Waals surface area contributed by atoms with Gasteiger partial charge in [-0.3, -0.25) is 4.79 Å². The molecule has 1 aromatic carbocycles. The summed E-state index contributed by atoms with van der Waals surface area (Å²) in [6.45, 7) is 3.21. The Morgan fingerprint density at radius 3 is 3.00 bits per heavy atom. The SMILES string of the molecule is CC1(NC(=O)c2cccc(Br)c2Cl)CCOC1. The Hall–Kier alpha value is -0.580. The van der Waals surface area contributed by atoms with Crippen molar-refractivity contribution >= 4 is 33.4 Å². The second-order valence-electron chi connectivity index (χ2n) is 4.42. The van der Waals surface area contributed by atoms with E-state index in [0.29, 0.717) is 23.8 Å². The minimum atomic E-state index is -0.289. The molecule has 1 N–H and O–H groups in total. The summed E-state index contributed by atoms with van der Waals surface area (Å²) in [7, 11) is 0. The van der Waals surface area contributed by atoms with Gasteiger partial charge in [0.15, 0.2) is 0 Å². The number of carbonyl (C=O) groups is 1. The maximum absolute atomic E-state index is 12.1. The summed E-state index contributed by atoms with van der Waals surface area (Å²) in [6, 6.07) is 5.31. The topological polar surface area (TPSA) is 38.3 Å². The quantitative estimate of drug-likeness (QED) is 0.910. The average molecular weight is 319 g/mol. The molecule has 17 heavy (non-hydrogen) atoms. The van der Waals surface area contributed by atoms with Crippen LogP contribution in [0.2, 0.25) is 5.02 Å². The van der Waals surface area contributed by atoms with Crippen LogP contribution >= 0.6 is 27.5 Å². The number of nitrogens with one attached hydrogen (secondary N) is 1. The number of amides is 1. The van der Waals surface area contributed by atoms with E-state index in [-0.39, 0.29) is 11.4 Å². The molecule has 0 radical (unpaired) electrons. The number of benzene rings is 1. The number of halogens is 2. The predicted molar refractivity (Wildman–Crippen MR) is 70.5 cm³/mol. The lowest BCUT2D eigenvalue weighted by atomic mass is 10.0. The van der Waals surface area contributed by atoms with Gasteiger partial charge in [0.05, 0.1) is 22.7 Å². The Labute approximate surface area is 114 Å². The zero-order valence-corrected chi connectivity index (χ0v) is 11.8. The van der Waals surface area contributed by atoms with E-state index in [1.54, 1.807) is 18.2 Å². The fourth-order valence-electron chi connectivity index (χ4n) is 1.79. The number of rotatable bonds is 2. The molecule has 92 valence electrons. The van der Waals surface area contributed by atoms with Crippen molar-refractivity contribution in [2.75, 3.05) is 13.2 Å². The van der Waals surface area contributed by atoms with Gasteiger partial charge in [-0.15, -0.1) is 0 Å². The van der Waals surface area contributed by atoms with Crippen LogP contribution in [0.4, 0.5) is 0 Å². The third kappa shape index (κ3) is 2.81. The molecule has 1 aliphatic heterocycles. The van der Waals surface area contributed by atoms with Crippen LogP contribution in [0.15, 0.2) is 22.7 Å². The number of hydrogen-bond donors (Lipinski definition) is 1. The number of ether oxygens (including phenoxy) is 1. The van der Waals surface area contributed by atoms with Crippen molar-refractivity contribution in [3.63, 3.8) is 0 Å². The fourth-order valence-corrected chi connectivity index (χ4v) is 2.36. The van der Waals surface area contributed by atoms with E-state index in [2.05, 4.69) is 21.2 Å². The van der Waals surface area contributed by atoms with Gasteiger partial charge in [-0.25, -0.2) is 0 Å². The summed E-state index contributed by atoms with van der Waals surface area (Å²) in [6.07, 6.45) is 0.824. The van der Waals surface area contributed by atoms with E-state index in [0.717, 1.165) is 10.9 Å². The van der Waals surface area contributed by atoms with Crippen molar-refractivity contribution < 1.29 is 9.53 Å². The zero-order chi connectivity index (χ0) is 12.5. The molecule has 0 aromatic heterocycles. The Morgan fingerprint density at radius 1 is 1.59 bits per heavy atom. The molecular weight excluding hydrogens is 305 g/mol. The molecule has 1 unspecified atom stereocenters. The van der Waals surface area contributed by atoms with Crippen molar-refractivity contribution in [1.29, 1.82) is 0 Å². The van der Waals surface area contributed by atoms with Crippen molar-refractivity contribution in [3.8, 4) is 0 Å². The van der Waals surface area contributed by atoms with E-state index in [9.17, 15) is 4.79 Å². The Bertz CT molecular complexity index is 444. The maximum Gasteiger partial charge on any atom is 0.253 e. The Morgan fingerprint density at radius 2 is 2.35 bits per heavy atom. The molecule has 2 rings (SSSR count). The van der Waals surface area contributed by atoms with Gasteiger partial charge < -0.3 is 10.1 Å². The van der Waals surface area contributed by atoms with Gasteiger partial charge >= 0.3 is 0 Å². The highest BCUT2D eigenvalue weighted by Gasteiger charge is 2.32. The van der Waals surface area contributed by atoms with Gasteiger partial charge in [0, 0.05) is 11.1 Å². The van der Waals surface area contributed by atoms with E-state index >= 15 is 0 Å². The van der Waals surface area contributed by atoms with Gasteiger partial charge in [0.2, 0.25) is 0 Å². The Kier molecular flexibility index (Phi) is 3.76. The summed E-state index contributed by atoms with van der Waals surface area (Å²) in [5, 5.41) is 3.41. The molecule has 0 aliphatic carbocycles. The van der Waals surface area contributed by atoms with Crippen LogP contribution in [0.1, 0.15) is 23.7 Å². The van der Waals surface area contributed by atoms with E-state index in [1.165, 1.54) is 0 Å². The van der Waals surface area contributed by atoms with E-state index < -0.39 is 0 Å². The second kappa shape index (κ2) is 4.96. The monoisotopic (exact) mass is 317 g/mol. The van der Waals surface area contributed by atoms with E-state index in [1.807, 2.05) is 6.92 Å². The minimum absolute atomic E-state index is 0.163. The molecule has 1 aliphatic rings. The minimum Gasteiger partial charge on any atom is -0.379 e. The molecule has 5 heteroatoms. The van der Waals surface area contributed by atoms with Crippen molar-refractivity contribution in [2.24, 2.45) is 0 Å². The molecule has 0 saturated carbocycles. The average Bonchev–Trinajstić information content (AvgIpc) is 2.68. The first-order chi connectivity index (χ1) is 8.02. The predicted octanol–water partition coefficient (Wildman–Crippen LogP) is 3.01. The molecule has 1 atom stereocenters. The van der Waals surface area contributed by atoms with Gasteiger partial charge in [0.25, 0.3) is 5.91 Å². The molecule has 0 bridgehead atoms. The summed E-state index contributed by atoms with van der Waals surface area (Å²) < 4.78 is 6.02.